The Bertz CT molecular complexity index is 329. The highest BCUT2D eigenvalue weighted by Gasteiger charge is 2.23. The minimum atomic E-state index is -0.0651. The molecule has 1 rings (SSSR count). The van der Waals surface area contributed by atoms with Gasteiger partial charge in [0.1, 0.15) is 5.88 Å². The van der Waals surface area contributed by atoms with Crippen LogP contribution in [0.5, 0.6) is 0 Å². The summed E-state index contributed by atoms with van der Waals surface area (Å²) in [6.07, 6.45) is 5.22. The fraction of sp³-hybridized carbons (Fsp3) is 0.583. The van der Waals surface area contributed by atoms with E-state index < -0.39 is 0 Å². The van der Waals surface area contributed by atoms with E-state index in [9.17, 15) is 4.79 Å². The minimum absolute atomic E-state index is 0.0289. The summed E-state index contributed by atoms with van der Waals surface area (Å²) in [4.78, 5) is 13.1. The van der Waals surface area contributed by atoms with Crippen molar-refractivity contribution in [1.29, 1.82) is 0 Å². The summed E-state index contributed by atoms with van der Waals surface area (Å²) in [5.74, 6) is -0.0362. The van der Waals surface area contributed by atoms with E-state index in [-0.39, 0.29) is 17.2 Å². The quantitative estimate of drug-likeness (QED) is 0.665. The minimum Gasteiger partial charge on any atom is -0.315 e. The topological polar surface area (TPSA) is 20.3 Å². The van der Waals surface area contributed by atoms with Crippen LogP contribution < -0.4 is 0 Å². The Morgan fingerprint density at radius 1 is 1.60 bits per heavy atom. The predicted molar refractivity (Wildman–Crippen MR) is 63.7 cm³/mol. The third-order valence-corrected chi connectivity index (χ3v) is 2.77. The van der Waals surface area contributed by atoms with Crippen molar-refractivity contribution >= 4 is 17.5 Å². The van der Waals surface area contributed by atoms with E-state index in [0.717, 1.165) is 12.1 Å². The highest BCUT2D eigenvalue weighted by Crippen LogP contribution is 2.33. The van der Waals surface area contributed by atoms with Gasteiger partial charge >= 0.3 is 0 Å². The molecule has 3 heteroatoms. The number of nitrogens with zero attached hydrogens (tertiary/aromatic N) is 1. The predicted octanol–water partition coefficient (Wildman–Crippen LogP) is 2.94. The van der Waals surface area contributed by atoms with Crippen LogP contribution in [0.15, 0.2) is 23.4 Å². The number of amides is 1. The van der Waals surface area contributed by atoms with Crippen molar-refractivity contribution in [1.82, 2.24) is 4.90 Å². The first-order valence-electron chi connectivity index (χ1n) is 5.08. The van der Waals surface area contributed by atoms with E-state index in [1.54, 1.807) is 11.9 Å². The molecule has 0 radical (unpaired) electrons. The van der Waals surface area contributed by atoms with Crippen molar-refractivity contribution in [3.05, 3.63) is 23.4 Å². The molecule has 1 amide bonds. The molecule has 0 unspecified atom stereocenters. The van der Waals surface area contributed by atoms with Crippen LogP contribution in [0, 0.1) is 5.41 Å². The van der Waals surface area contributed by atoms with Gasteiger partial charge in [0.2, 0.25) is 5.91 Å². The van der Waals surface area contributed by atoms with Gasteiger partial charge in [-0.3, -0.25) is 4.79 Å². The van der Waals surface area contributed by atoms with E-state index in [0.29, 0.717) is 0 Å². The maximum atomic E-state index is 11.5. The van der Waals surface area contributed by atoms with Crippen LogP contribution in [0.4, 0.5) is 0 Å². The van der Waals surface area contributed by atoms with Crippen molar-refractivity contribution in [2.75, 3.05) is 12.9 Å². The number of hydrogen-bond acceptors (Lipinski definition) is 1. The van der Waals surface area contributed by atoms with Gasteiger partial charge < -0.3 is 4.90 Å². The van der Waals surface area contributed by atoms with Crippen LogP contribution in [0.2, 0.25) is 0 Å². The Labute approximate surface area is 96.6 Å². The molecule has 0 aromatic heterocycles. The summed E-state index contributed by atoms with van der Waals surface area (Å²) in [5.41, 5.74) is 2.37. The molecule has 1 aliphatic rings. The molecule has 0 spiro atoms. The molecule has 0 aromatic carbocycles. The van der Waals surface area contributed by atoms with E-state index in [1.165, 1.54) is 5.57 Å². The van der Waals surface area contributed by atoms with Crippen molar-refractivity contribution < 1.29 is 4.79 Å². The van der Waals surface area contributed by atoms with Crippen molar-refractivity contribution in [3.63, 3.8) is 0 Å². The van der Waals surface area contributed by atoms with Crippen molar-refractivity contribution in [2.24, 2.45) is 5.41 Å². The van der Waals surface area contributed by atoms with Crippen LogP contribution in [0.1, 0.15) is 27.2 Å². The summed E-state index contributed by atoms with van der Waals surface area (Å²) < 4.78 is 0. The molecular formula is C12H18ClNO. The molecule has 0 aliphatic heterocycles. The van der Waals surface area contributed by atoms with E-state index in [2.05, 4.69) is 32.9 Å². The third kappa shape index (κ3) is 3.10. The van der Waals surface area contributed by atoms with Crippen LogP contribution in [-0.2, 0) is 4.79 Å². The standard InChI is InChI=1S/C12H18ClNO/c1-9-5-10(7-12(2,3)6-9)14(4)11(15)8-13/h5,7H,6,8H2,1-4H3. The Morgan fingerprint density at radius 3 is 2.67 bits per heavy atom. The molecule has 0 bridgehead atoms. The van der Waals surface area contributed by atoms with Gasteiger partial charge in [-0.1, -0.05) is 25.5 Å². The molecule has 0 aromatic rings. The van der Waals surface area contributed by atoms with Crippen LogP contribution >= 0.6 is 11.6 Å². The average molecular weight is 228 g/mol. The van der Waals surface area contributed by atoms with E-state index in [1.807, 2.05) is 0 Å². The molecule has 0 saturated heterocycles. The molecular weight excluding hydrogens is 210 g/mol. The third-order valence-electron chi connectivity index (χ3n) is 2.54. The molecule has 2 nitrogen and oxygen atoms in total. The summed E-state index contributed by atoms with van der Waals surface area (Å²) >= 11 is 5.53. The number of allylic oxidation sites excluding steroid dienone is 3. The van der Waals surface area contributed by atoms with Crippen molar-refractivity contribution in [3.8, 4) is 0 Å². The Kier molecular flexibility index (Phi) is 3.61. The Hall–Kier alpha value is -0.760. The molecule has 84 valence electrons. The molecule has 1 aliphatic carbocycles. The van der Waals surface area contributed by atoms with E-state index >= 15 is 0 Å². The zero-order valence-corrected chi connectivity index (χ0v) is 10.6. The van der Waals surface area contributed by atoms with Gasteiger partial charge in [0, 0.05) is 12.7 Å². The number of hydrogen-bond donors (Lipinski definition) is 0. The SMILES string of the molecule is CC1=CC(N(C)C(=O)CCl)=CC(C)(C)C1. The maximum absolute atomic E-state index is 11.5. The van der Waals surface area contributed by atoms with Crippen molar-refractivity contribution in [2.45, 2.75) is 27.2 Å². The van der Waals surface area contributed by atoms with Crippen LogP contribution in [0.25, 0.3) is 0 Å². The highest BCUT2D eigenvalue weighted by molar-refractivity contribution is 6.27. The lowest BCUT2D eigenvalue weighted by molar-refractivity contribution is -0.125. The summed E-state index contributed by atoms with van der Waals surface area (Å²) in [6, 6.07) is 0. The first kappa shape index (κ1) is 12.3. The summed E-state index contributed by atoms with van der Waals surface area (Å²) in [7, 11) is 1.77. The lowest BCUT2D eigenvalue weighted by Crippen LogP contribution is -2.29. The summed E-state index contributed by atoms with van der Waals surface area (Å²) in [5, 5.41) is 0. The number of alkyl halides is 1. The number of rotatable bonds is 2. The average Bonchev–Trinajstić information content (AvgIpc) is 2.12. The monoisotopic (exact) mass is 227 g/mol. The lowest BCUT2D eigenvalue weighted by Gasteiger charge is -2.30. The van der Waals surface area contributed by atoms with Gasteiger partial charge in [-0.2, -0.15) is 0 Å². The highest BCUT2D eigenvalue weighted by atomic mass is 35.5. The molecule has 0 heterocycles. The molecule has 15 heavy (non-hydrogen) atoms. The second-order valence-electron chi connectivity index (χ2n) is 4.81. The first-order valence-corrected chi connectivity index (χ1v) is 5.62. The van der Waals surface area contributed by atoms with Gasteiger partial charge in [0.05, 0.1) is 0 Å². The smallest absolute Gasteiger partial charge is 0.241 e. The number of carbonyl (C=O) groups is 1. The zero-order valence-electron chi connectivity index (χ0n) is 9.80. The first-order chi connectivity index (χ1) is 6.85. The normalized spacial score (nSPS) is 19.3. The second kappa shape index (κ2) is 4.40. The summed E-state index contributed by atoms with van der Waals surface area (Å²) in [6.45, 7) is 6.43. The van der Waals surface area contributed by atoms with Gasteiger partial charge in [-0.25, -0.2) is 0 Å². The Balaban J connectivity index is 2.94. The fourth-order valence-electron chi connectivity index (χ4n) is 1.94. The van der Waals surface area contributed by atoms with Gasteiger partial charge in [0.15, 0.2) is 0 Å². The molecule has 0 N–H and O–H groups in total. The lowest BCUT2D eigenvalue weighted by atomic mass is 9.81. The van der Waals surface area contributed by atoms with Gasteiger partial charge in [-0.15, -0.1) is 11.6 Å². The molecule has 0 atom stereocenters. The van der Waals surface area contributed by atoms with Crippen LogP contribution in [0.3, 0.4) is 0 Å². The second-order valence-corrected chi connectivity index (χ2v) is 5.08. The van der Waals surface area contributed by atoms with Crippen LogP contribution in [-0.4, -0.2) is 23.7 Å². The number of likely N-dealkylation sites (N-methyl/N-ethyl adjacent to an activating group) is 1. The maximum Gasteiger partial charge on any atom is 0.241 e. The Morgan fingerprint density at radius 2 is 2.20 bits per heavy atom. The van der Waals surface area contributed by atoms with E-state index in [4.69, 9.17) is 11.6 Å². The van der Waals surface area contributed by atoms with Gasteiger partial charge in [-0.05, 0) is 24.8 Å². The molecule has 0 fully saturated rings. The number of carbonyl (C=O) groups excluding carboxylic acids is 1. The largest absolute Gasteiger partial charge is 0.315 e. The molecule has 0 saturated carbocycles. The zero-order chi connectivity index (χ0) is 11.6. The number of halogens is 1. The van der Waals surface area contributed by atoms with Gasteiger partial charge in [0.25, 0.3) is 0 Å². The fourth-order valence-corrected chi connectivity index (χ4v) is 2.12.